The Kier molecular flexibility index (Phi) is 6.14. The Balaban J connectivity index is 2.19. The molecule has 0 aliphatic carbocycles. The van der Waals surface area contributed by atoms with E-state index in [1.807, 2.05) is 6.92 Å². The second-order valence-electron chi connectivity index (χ2n) is 3.92. The maximum Gasteiger partial charge on any atom is 0.223 e. The molecule has 1 aromatic rings. The summed E-state index contributed by atoms with van der Waals surface area (Å²) in [6.07, 6.45) is 0.255. The Labute approximate surface area is 106 Å². The van der Waals surface area contributed by atoms with Gasteiger partial charge in [0.1, 0.15) is 11.6 Å². The lowest BCUT2D eigenvalue weighted by molar-refractivity contribution is -0.122. The van der Waals surface area contributed by atoms with Gasteiger partial charge >= 0.3 is 0 Å². The lowest BCUT2D eigenvalue weighted by Crippen LogP contribution is -2.32. The van der Waals surface area contributed by atoms with Crippen molar-refractivity contribution in [2.75, 3.05) is 13.2 Å². The predicted molar refractivity (Wildman–Crippen MR) is 65.8 cm³/mol. The Hall–Kier alpha value is -1.62. The van der Waals surface area contributed by atoms with Crippen molar-refractivity contribution >= 4 is 5.91 Å². The van der Waals surface area contributed by atoms with E-state index in [1.54, 1.807) is 12.1 Å². The van der Waals surface area contributed by atoms with E-state index in [4.69, 9.17) is 4.74 Å². The third kappa shape index (κ3) is 5.63. The fourth-order valence-electron chi connectivity index (χ4n) is 1.28. The minimum atomic E-state index is -0.516. The summed E-state index contributed by atoms with van der Waals surface area (Å²) in [5, 5.41) is 11.8. The van der Waals surface area contributed by atoms with Gasteiger partial charge in [0.25, 0.3) is 0 Å². The third-order valence-electron chi connectivity index (χ3n) is 2.40. The molecule has 100 valence electrons. The summed E-state index contributed by atoms with van der Waals surface area (Å²) >= 11 is 0. The van der Waals surface area contributed by atoms with E-state index in [9.17, 15) is 14.3 Å². The highest BCUT2D eigenvalue weighted by Crippen LogP contribution is 2.11. The summed E-state index contributed by atoms with van der Waals surface area (Å²) < 4.78 is 18.0. The smallest absolute Gasteiger partial charge is 0.223 e. The predicted octanol–water partition coefficient (Wildman–Crippen LogP) is 1.48. The van der Waals surface area contributed by atoms with E-state index in [0.717, 1.165) is 0 Å². The van der Waals surface area contributed by atoms with Gasteiger partial charge in [0.15, 0.2) is 0 Å². The second kappa shape index (κ2) is 7.66. The third-order valence-corrected chi connectivity index (χ3v) is 2.40. The van der Waals surface area contributed by atoms with Crippen molar-refractivity contribution < 1.29 is 19.0 Å². The number of hydrogen-bond acceptors (Lipinski definition) is 3. The summed E-state index contributed by atoms with van der Waals surface area (Å²) in [7, 11) is 0. The Morgan fingerprint density at radius 3 is 3.00 bits per heavy atom. The summed E-state index contributed by atoms with van der Waals surface area (Å²) in [5.41, 5.74) is 0. The number of amides is 1. The average molecular weight is 255 g/mol. The molecule has 0 aliphatic heterocycles. The van der Waals surface area contributed by atoms with E-state index >= 15 is 0 Å². The topological polar surface area (TPSA) is 58.6 Å². The van der Waals surface area contributed by atoms with Crippen molar-refractivity contribution in [2.45, 2.75) is 25.9 Å². The second-order valence-corrected chi connectivity index (χ2v) is 3.92. The van der Waals surface area contributed by atoms with Gasteiger partial charge in [-0.25, -0.2) is 4.39 Å². The van der Waals surface area contributed by atoms with Crippen LogP contribution in [0.5, 0.6) is 5.75 Å². The molecular weight excluding hydrogens is 237 g/mol. The van der Waals surface area contributed by atoms with Crippen molar-refractivity contribution in [3.63, 3.8) is 0 Å². The molecule has 0 radical (unpaired) electrons. The molecule has 0 aromatic heterocycles. The van der Waals surface area contributed by atoms with Crippen LogP contribution in [0.3, 0.4) is 0 Å². The van der Waals surface area contributed by atoms with Crippen LogP contribution in [0.2, 0.25) is 0 Å². The molecule has 1 aromatic carbocycles. The fraction of sp³-hybridized carbons (Fsp3) is 0.462. The Morgan fingerprint density at radius 1 is 1.56 bits per heavy atom. The monoisotopic (exact) mass is 255 g/mol. The van der Waals surface area contributed by atoms with Gasteiger partial charge in [0.2, 0.25) is 5.91 Å². The minimum absolute atomic E-state index is 0.174. The molecule has 0 spiro atoms. The molecule has 1 rings (SSSR count). The van der Waals surface area contributed by atoms with Crippen molar-refractivity contribution in [1.82, 2.24) is 5.32 Å². The first-order chi connectivity index (χ1) is 8.61. The number of benzene rings is 1. The number of ether oxygens (including phenoxy) is 1. The van der Waals surface area contributed by atoms with E-state index in [0.29, 0.717) is 12.2 Å². The molecule has 0 aliphatic rings. The first kappa shape index (κ1) is 14.4. The van der Waals surface area contributed by atoms with Gasteiger partial charge < -0.3 is 15.2 Å². The van der Waals surface area contributed by atoms with Crippen LogP contribution in [-0.4, -0.2) is 30.3 Å². The van der Waals surface area contributed by atoms with Crippen molar-refractivity contribution in [1.29, 1.82) is 0 Å². The molecule has 0 heterocycles. The maximum atomic E-state index is 12.8. The first-order valence-electron chi connectivity index (χ1n) is 5.95. The molecule has 18 heavy (non-hydrogen) atoms. The van der Waals surface area contributed by atoms with Crippen LogP contribution in [0.4, 0.5) is 4.39 Å². The Bertz CT molecular complexity index is 384. The number of carbonyl (C=O) groups excluding carboxylic acids is 1. The molecule has 0 bridgehead atoms. The fourth-order valence-corrected chi connectivity index (χ4v) is 1.28. The molecule has 5 heteroatoms. The summed E-state index contributed by atoms with van der Waals surface area (Å²) in [6, 6.07) is 5.76. The number of hydrogen-bond donors (Lipinski definition) is 2. The molecular formula is C13H18FNO3. The number of rotatable bonds is 7. The largest absolute Gasteiger partial charge is 0.493 e. The van der Waals surface area contributed by atoms with Gasteiger partial charge in [0.05, 0.1) is 19.1 Å². The van der Waals surface area contributed by atoms with Gasteiger partial charge in [0, 0.05) is 12.6 Å². The van der Waals surface area contributed by atoms with E-state index in [1.165, 1.54) is 12.1 Å². The molecule has 2 N–H and O–H groups in total. The molecule has 0 saturated heterocycles. The lowest BCUT2D eigenvalue weighted by atomic mass is 10.3. The summed E-state index contributed by atoms with van der Waals surface area (Å²) in [4.78, 5) is 11.3. The Morgan fingerprint density at radius 2 is 2.33 bits per heavy atom. The highest BCUT2D eigenvalue weighted by atomic mass is 19.1. The summed E-state index contributed by atoms with van der Waals surface area (Å²) in [5.74, 6) is -0.168. The van der Waals surface area contributed by atoms with Crippen molar-refractivity contribution in [2.24, 2.45) is 0 Å². The van der Waals surface area contributed by atoms with Crippen LogP contribution in [0, 0.1) is 5.82 Å². The lowest BCUT2D eigenvalue weighted by Gasteiger charge is -2.10. The van der Waals surface area contributed by atoms with Crippen LogP contribution < -0.4 is 10.1 Å². The number of carbonyl (C=O) groups is 1. The SMILES string of the molecule is CCC(O)CNC(=O)CCOc1cccc(F)c1. The van der Waals surface area contributed by atoms with Crippen LogP contribution in [0.1, 0.15) is 19.8 Å². The zero-order valence-electron chi connectivity index (χ0n) is 10.4. The molecule has 1 atom stereocenters. The number of aliphatic hydroxyl groups excluding tert-OH is 1. The van der Waals surface area contributed by atoms with E-state index in [-0.39, 0.29) is 31.3 Å². The van der Waals surface area contributed by atoms with Gasteiger partial charge in [-0.2, -0.15) is 0 Å². The van der Waals surface area contributed by atoms with Gasteiger partial charge in [-0.15, -0.1) is 0 Å². The van der Waals surface area contributed by atoms with Crippen molar-refractivity contribution in [3.8, 4) is 5.75 Å². The van der Waals surface area contributed by atoms with Crippen LogP contribution in [-0.2, 0) is 4.79 Å². The molecule has 0 fully saturated rings. The van der Waals surface area contributed by atoms with Crippen LogP contribution >= 0.6 is 0 Å². The molecule has 0 saturated carbocycles. The molecule has 1 unspecified atom stereocenters. The highest BCUT2D eigenvalue weighted by molar-refractivity contribution is 5.75. The van der Waals surface area contributed by atoms with Gasteiger partial charge in [-0.1, -0.05) is 13.0 Å². The number of aliphatic hydroxyl groups is 1. The zero-order valence-corrected chi connectivity index (χ0v) is 10.4. The van der Waals surface area contributed by atoms with Crippen molar-refractivity contribution in [3.05, 3.63) is 30.1 Å². The number of halogens is 1. The standard InChI is InChI=1S/C13H18FNO3/c1-2-11(16)9-15-13(17)6-7-18-12-5-3-4-10(14)8-12/h3-5,8,11,16H,2,6-7,9H2,1H3,(H,15,17). The average Bonchev–Trinajstić information content (AvgIpc) is 2.36. The van der Waals surface area contributed by atoms with E-state index < -0.39 is 6.10 Å². The quantitative estimate of drug-likeness (QED) is 0.776. The summed E-state index contributed by atoms with van der Waals surface area (Å²) in [6.45, 7) is 2.26. The number of nitrogens with one attached hydrogen (secondary N) is 1. The van der Waals surface area contributed by atoms with Crippen LogP contribution in [0.15, 0.2) is 24.3 Å². The molecule has 1 amide bonds. The van der Waals surface area contributed by atoms with E-state index in [2.05, 4.69) is 5.32 Å². The minimum Gasteiger partial charge on any atom is -0.493 e. The van der Waals surface area contributed by atoms with Gasteiger partial charge in [-0.05, 0) is 18.6 Å². The normalized spacial score (nSPS) is 11.9. The molecule has 4 nitrogen and oxygen atoms in total. The van der Waals surface area contributed by atoms with Gasteiger partial charge in [-0.3, -0.25) is 4.79 Å². The zero-order chi connectivity index (χ0) is 13.4. The van der Waals surface area contributed by atoms with Crippen LogP contribution in [0.25, 0.3) is 0 Å². The first-order valence-corrected chi connectivity index (χ1v) is 5.95. The highest BCUT2D eigenvalue weighted by Gasteiger charge is 2.05. The maximum absolute atomic E-state index is 12.8.